The number of ether oxygens (including phenoxy) is 4. The fourth-order valence-corrected chi connectivity index (χ4v) is 5.63. The van der Waals surface area contributed by atoms with Gasteiger partial charge < -0.3 is 34.5 Å². The van der Waals surface area contributed by atoms with Crippen molar-refractivity contribution in [3.63, 3.8) is 0 Å². The summed E-state index contributed by atoms with van der Waals surface area (Å²) in [6.07, 6.45) is 0.590. The second-order valence-corrected chi connectivity index (χ2v) is 11.4. The second kappa shape index (κ2) is 12.8. The van der Waals surface area contributed by atoms with Crippen LogP contribution in [0.5, 0.6) is 23.0 Å². The third kappa shape index (κ3) is 6.52. The van der Waals surface area contributed by atoms with E-state index in [4.69, 9.17) is 23.9 Å². The minimum atomic E-state index is -0.281. The van der Waals surface area contributed by atoms with E-state index >= 15 is 0 Å². The van der Waals surface area contributed by atoms with E-state index in [1.165, 1.54) is 4.57 Å². The van der Waals surface area contributed by atoms with Crippen LogP contribution in [0, 0.1) is 0 Å². The average molecular weight is 618 g/mol. The maximum absolute atomic E-state index is 13.6. The third-order valence-electron chi connectivity index (χ3n) is 7.13. The third-order valence-corrected chi connectivity index (χ3v) is 8.10. The van der Waals surface area contributed by atoms with E-state index in [9.17, 15) is 14.4 Å². The molecule has 3 heterocycles. The monoisotopic (exact) mass is 617 g/mol. The highest BCUT2D eigenvalue weighted by Crippen LogP contribution is 2.35. The first-order chi connectivity index (χ1) is 21.3. The van der Waals surface area contributed by atoms with Crippen molar-refractivity contribution < 1.29 is 28.5 Å². The van der Waals surface area contributed by atoms with Crippen LogP contribution in [0.25, 0.3) is 10.9 Å². The summed E-state index contributed by atoms with van der Waals surface area (Å²) in [5.74, 6) is 1.98. The maximum Gasteiger partial charge on any atom is 0.262 e. The van der Waals surface area contributed by atoms with Gasteiger partial charge >= 0.3 is 0 Å². The Hall–Kier alpha value is -4.91. The Morgan fingerprint density at radius 3 is 2.36 bits per heavy atom. The van der Waals surface area contributed by atoms with Crippen molar-refractivity contribution in [3.8, 4) is 23.0 Å². The summed E-state index contributed by atoms with van der Waals surface area (Å²) in [7, 11) is 3.89. The van der Waals surface area contributed by atoms with Gasteiger partial charge in [-0.3, -0.25) is 19.0 Å². The lowest BCUT2D eigenvalue weighted by Crippen LogP contribution is -2.26. The molecule has 0 atom stereocenters. The molecule has 0 spiro atoms. The van der Waals surface area contributed by atoms with Crippen LogP contribution in [0.15, 0.2) is 64.5 Å². The highest BCUT2D eigenvalue weighted by molar-refractivity contribution is 7.99. The number of thioether (sulfide) groups is 1. The van der Waals surface area contributed by atoms with Gasteiger partial charge in [-0.2, -0.15) is 0 Å². The summed E-state index contributed by atoms with van der Waals surface area (Å²) in [6, 6.07) is 16.3. The van der Waals surface area contributed by atoms with Crippen LogP contribution in [0.1, 0.15) is 18.4 Å². The van der Waals surface area contributed by atoms with E-state index in [0.29, 0.717) is 57.7 Å². The number of fused-ring (bicyclic) bond motifs is 3. The number of anilines is 2. The fourth-order valence-electron chi connectivity index (χ4n) is 4.81. The predicted octanol–water partition coefficient (Wildman–Crippen LogP) is 3.75. The molecule has 228 valence electrons. The molecule has 2 N–H and O–H groups in total. The van der Waals surface area contributed by atoms with Gasteiger partial charge in [0.05, 0.1) is 16.7 Å². The zero-order valence-corrected chi connectivity index (χ0v) is 25.1. The SMILES string of the molecule is CN(C)c1ccc(NC(=O)CSc2nc3cc4c(cc3c(=O)n2CCCC(=O)NCc2ccc3c(c2)OCO3)OCO4)cc1. The number of rotatable bonds is 11. The lowest BCUT2D eigenvalue weighted by atomic mass is 10.2. The molecule has 0 saturated carbocycles. The van der Waals surface area contributed by atoms with Gasteiger partial charge in [0.2, 0.25) is 25.4 Å². The molecule has 13 heteroatoms. The Balaban J connectivity index is 1.12. The molecule has 0 aliphatic carbocycles. The zero-order chi connectivity index (χ0) is 30.6. The molecular weight excluding hydrogens is 586 g/mol. The highest BCUT2D eigenvalue weighted by atomic mass is 32.2. The Morgan fingerprint density at radius 2 is 1.61 bits per heavy atom. The molecule has 4 aromatic rings. The van der Waals surface area contributed by atoms with E-state index in [1.54, 1.807) is 12.1 Å². The lowest BCUT2D eigenvalue weighted by molar-refractivity contribution is -0.121. The van der Waals surface area contributed by atoms with Crippen molar-refractivity contribution in [1.29, 1.82) is 0 Å². The van der Waals surface area contributed by atoms with Gasteiger partial charge in [-0.1, -0.05) is 17.8 Å². The molecule has 3 aromatic carbocycles. The van der Waals surface area contributed by atoms with E-state index in [2.05, 4.69) is 10.6 Å². The van der Waals surface area contributed by atoms with Crippen LogP contribution in [0.4, 0.5) is 11.4 Å². The van der Waals surface area contributed by atoms with Gasteiger partial charge in [0, 0.05) is 51.0 Å². The summed E-state index contributed by atoms with van der Waals surface area (Å²) < 4.78 is 23.2. The fraction of sp³-hybridized carbons (Fsp3) is 0.290. The molecule has 2 aliphatic rings. The highest BCUT2D eigenvalue weighted by Gasteiger charge is 2.20. The van der Waals surface area contributed by atoms with Crippen molar-refractivity contribution >= 4 is 45.9 Å². The molecule has 0 unspecified atom stereocenters. The van der Waals surface area contributed by atoms with Crippen molar-refractivity contribution in [2.75, 3.05) is 43.7 Å². The molecule has 12 nitrogen and oxygen atoms in total. The van der Waals surface area contributed by atoms with Crippen molar-refractivity contribution in [3.05, 3.63) is 70.5 Å². The maximum atomic E-state index is 13.6. The Bertz CT molecular complexity index is 1770. The Morgan fingerprint density at radius 1 is 0.909 bits per heavy atom. The molecule has 2 aliphatic heterocycles. The zero-order valence-electron chi connectivity index (χ0n) is 24.3. The van der Waals surface area contributed by atoms with E-state index in [1.807, 2.05) is 61.5 Å². The normalized spacial score (nSPS) is 12.8. The first-order valence-electron chi connectivity index (χ1n) is 14.0. The quantitative estimate of drug-likeness (QED) is 0.189. The largest absolute Gasteiger partial charge is 0.454 e. The summed E-state index contributed by atoms with van der Waals surface area (Å²) in [5.41, 5.74) is 2.74. The molecule has 6 rings (SSSR count). The van der Waals surface area contributed by atoms with Crippen LogP contribution < -0.4 is 40.0 Å². The number of carbonyl (C=O) groups is 2. The number of aromatic nitrogens is 2. The topological polar surface area (TPSA) is 133 Å². The standard InChI is InChI=1S/C31H31N5O7S/c1-35(2)21-8-6-20(7-9-21)33-29(38)16-44-31-34-23-14-27-26(42-18-43-27)13-22(23)30(39)36(31)11-3-4-28(37)32-15-19-5-10-24-25(12-19)41-17-40-24/h5-10,12-14H,3-4,11,15-18H2,1-2H3,(H,32,37)(H,33,38). The Labute approximate surface area is 257 Å². The summed E-state index contributed by atoms with van der Waals surface area (Å²) >= 11 is 1.16. The summed E-state index contributed by atoms with van der Waals surface area (Å²) in [6.45, 7) is 0.837. The van der Waals surface area contributed by atoms with Crippen molar-refractivity contribution in [1.82, 2.24) is 14.9 Å². The number of nitrogens with one attached hydrogen (secondary N) is 2. The van der Waals surface area contributed by atoms with Gasteiger partial charge in [0.25, 0.3) is 5.56 Å². The number of carbonyl (C=O) groups excluding carboxylic acids is 2. The van der Waals surface area contributed by atoms with E-state index in [-0.39, 0.29) is 49.7 Å². The smallest absolute Gasteiger partial charge is 0.262 e. The van der Waals surface area contributed by atoms with Gasteiger partial charge in [-0.15, -0.1) is 0 Å². The van der Waals surface area contributed by atoms with Gasteiger partial charge in [-0.25, -0.2) is 4.98 Å². The lowest BCUT2D eigenvalue weighted by Gasteiger charge is -2.14. The number of amides is 2. The van der Waals surface area contributed by atoms with Crippen LogP contribution in [-0.4, -0.2) is 54.8 Å². The minimum absolute atomic E-state index is 0.0357. The van der Waals surface area contributed by atoms with Crippen LogP contribution in [0.2, 0.25) is 0 Å². The van der Waals surface area contributed by atoms with Gasteiger partial charge in [0.15, 0.2) is 28.2 Å². The first kappa shape index (κ1) is 29.2. The number of benzene rings is 3. The predicted molar refractivity (Wildman–Crippen MR) is 166 cm³/mol. The first-order valence-corrected chi connectivity index (χ1v) is 15.0. The van der Waals surface area contributed by atoms with E-state index < -0.39 is 0 Å². The van der Waals surface area contributed by atoms with Crippen LogP contribution in [0.3, 0.4) is 0 Å². The summed E-state index contributed by atoms with van der Waals surface area (Å²) in [5, 5.41) is 6.54. The van der Waals surface area contributed by atoms with E-state index in [0.717, 1.165) is 23.0 Å². The number of hydrogen-bond acceptors (Lipinski definition) is 10. The van der Waals surface area contributed by atoms with Crippen molar-refractivity contribution in [2.45, 2.75) is 31.1 Å². The molecule has 44 heavy (non-hydrogen) atoms. The van der Waals surface area contributed by atoms with Crippen LogP contribution in [-0.2, 0) is 22.7 Å². The molecular formula is C31H31N5O7S. The molecule has 0 radical (unpaired) electrons. The molecule has 1 aromatic heterocycles. The summed E-state index contributed by atoms with van der Waals surface area (Å²) in [4.78, 5) is 45.8. The van der Waals surface area contributed by atoms with Gasteiger partial charge in [0.1, 0.15) is 0 Å². The molecule has 0 saturated heterocycles. The minimum Gasteiger partial charge on any atom is -0.454 e. The average Bonchev–Trinajstić information content (AvgIpc) is 3.68. The Kier molecular flexibility index (Phi) is 8.46. The molecule has 2 amide bonds. The molecule has 0 bridgehead atoms. The van der Waals surface area contributed by atoms with Gasteiger partial charge in [-0.05, 0) is 54.4 Å². The number of hydrogen-bond donors (Lipinski definition) is 2. The second-order valence-electron chi connectivity index (χ2n) is 10.4. The van der Waals surface area contributed by atoms with Crippen LogP contribution >= 0.6 is 11.8 Å². The molecule has 0 fully saturated rings. The number of nitrogens with zero attached hydrogens (tertiary/aromatic N) is 3. The van der Waals surface area contributed by atoms with Crippen molar-refractivity contribution in [2.24, 2.45) is 0 Å².